The van der Waals surface area contributed by atoms with Gasteiger partial charge in [-0.3, -0.25) is 0 Å². The van der Waals surface area contributed by atoms with Crippen molar-refractivity contribution in [1.82, 2.24) is 9.88 Å². The van der Waals surface area contributed by atoms with E-state index in [9.17, 15) is 4.39 Å². The van der Waals surface area contributed by atoms with Crippen LogP contribution < -0.4 is 5.32 Å². The molecule has 4 rings (SSSR count). The van der Waals surface area contributed by atoms with Crippen molar-refractivity contribution >= 4 is 16.5 Å². The molecule has 0 fully saturated rings. The summed E-state index contributed by atoms with van der Waals surface area (Å²) in [4.78, 5) is 0. The normalized spacial score (nSPS) is 22.4. The Bertz CT molecular complexity index is 639. The molecule has 0 radical (unpaired) electrons. The van der Waals surface area contributed by atoms with Crippen LogP contribution in [-0.2, 0) is 6.54 Å². The van der Waals surface area contributed by atoms with Crippen molar-refractivity contribution in [2.24, 2.45) is 0 Å². The van der Waals surface area contributed by atoms with Gasteiger partial charge in [0.15, 0.2) is 0 Å². The summed E-state index contributed by atoms with van der Waals surface area (Å²) >= 11 is 0. The maximum absolute atomic E-state index is 14.1. The Hall–Kier alpha value is -1.61. The van der Waals surface area contributed by atoms with Gasteiger partial charge in [0.2, 0.25) is 0 Å². The zero-order chi connectivity index (χ0) is 11.4. The highest BCUT2D eigenvalue weighted by Crippen LogP contribution is 2.36. The van der Waals surface area contributed by atoms with Gasteiger partial charge in [-0.05, 0) is 36.7 Å². The minimum Gasteiger partial charge on any atom is -0.345 e. The number of benzene rings is 1. The summed E-state index contributed by atoms with van der Waals surface area (Å²) in [7, 11) is 0. The summed E-state index contributed by atoms with van der Waals surface area (Å²) in [5.41, 5.74) is 3.00. The lowest BCUT2D eigenvalue weighted by atomic mass is 9.90. The van der Waals surface area contributed by atoms with Crippen molar-refractivity contribution in [2.75, 3.05) is 6.54 Å². The number of hydrogen-bond donors (Lipinski definition) is 1. The first-order valence-corrected chi connectivity index (χ1v) is 6.06. The molecule has 0 saturated carbocycles. The molecule has 17 heavy (non-hydrogen) atoms. The summed E-state index contributed by atoms with van der Waals surface area (Å²) in [6.07, 6.45) is 5.23. The smallest absolute Gasteiger partial charge is 0.132 e. The van der Waals surface area contributed by atoms with E-state index in [0.717, 1.165) is 41.5 Å². The van der Waals surface area contributed by atoms with Gasteiger partial charge in [-0.1, -0.05) is 6.08 Å². The molecule has 1 N–H and O–H groups in total. The standard InChI is InChI=1S/C14H13FN2/c15-11-4-3-9-5-7-17-8-12-10(2-1-6-16-12)13(11)14(9)17/h2-5,7,12,16H,1,6,8H2. The molecular weight excluding hydrogens is 215 g/mol. The summed E-state index contributed by atoms with van der Waals surface area (Å²) in [6.45, 7) is 1.90. The van der Waals surface area contributed by atoms with Crippen LogP contribution in [0.25, 0.3) is 16.5 Å². The molecule has 0 bridgehead atoms. The van der Waals surface area contributed by atoms with Gasteiger partial charge in [0.1, 0.15) is 5.82 Å². The van der Waals surface area contributed by atoms with E-state index in [0.29, 0.717) is 0 Å². The Labute approximate surface area is 98.7 Å². The van der Waals surface area contributed by atoms with E-state index < -0.39 is 0 Å². The van der Waals surface area contributed by atoms with Crippen molar-refractivity contribution in [1.29, 1.82) is 0 Å². The first-order valence-electron chi connectivity index (χ1n) is 6.06. The van der Waals surface area contributed by atoms with Gasteiger partial charge in [0.25, 0.3) is 0 Å². The van der Waals surface area contributed by atoms with Crippen LogP contribution in [0.1, 0.15) is 12.0 Å². The van der Waals surface area contributed by atoms with Crippen molar-refractivity contribution in [3.8, 4) is 0 Å². The van der Waals surface area contributed by atoms with Crippen LogP contribution in [0, 0.1) is 5.82 Å². The monoisotopic (exact) mass is 228 g/mol. The Morgan fingerprint density at radius 3 is 3.18 bits per heavy atom. The van der Waals surface area contributed by atoms with Crippen LogP contribution in [0.4, 0.5) is 4.39 Å². The average molecular weight is 228 g/mol. The second-order valence-corrected chi connectivity index (χ2v) is 4.78. The van der Waals surface area contributed by atoms with Gasteiger partial charge in [0.05, 0.1) is 11.6 Å². The van der Waals surface area contributed by atoms with Crippen molar-refractivity contribution in [2.45, 2.75) is 19.0 Å². The third kappa shape index (κ3) is 1.17. The van der Waals surface area contributed by atoms with E-state index in [1.165, 1.54) is 0 Å². The van der Waals surface area contributed by atoms with Crippen LogP contribution >= 0.6 is 0 Å². The molecule has 1 atom stereocenters. The van der Waals surface area contributed by atoms with E-state index >= 15 is 0 Å². The summed E-state index contributed by atoms with van der Waals surface area (Å²) in [5.74, 6) is -0.0999. The van der Waals surface area contributed by atoms with Crippen LogP contribution in [-0.4, -0.2) is 17.2 Å². The fourth-order valence-corrected chi connectivity index (χ4v) is 3.07. The van der Waals surface area contributed by atoms with Crippen molar-refractivity contribution < 1.29 is 4.39 Å². The minimum absolute atomic E-state index is 0.0999. The number of hydrogen-bond acceptors (Lipinski definition) is 1. The van der Waals surface area contributed by atoms with Gasteiger partial charge in [-0.15, -0.1) is 0 Å². The van der Waals surface area contributed by atoms with Crippen LogP contribution in [0.3, 0.4) is 0 Å². The number of aromatic nitrogens is 1. The summed E-state index contributed by atoms with van der Waals surface area (Å²) < 4.78 is 16.3. The predicted molar refractivity (Wildman–Crippen MR) is 66.3 cm³/mol. The molecule has 1 unspecified atom stereocenters. The molecule has 1 aromatic carbocycles. The zero-order valence-corrected chi connectivity index (χ0v) is 9.41. The van der Waals surface area contributed by atoms with Gasteiger partial charge >= 0.3 is 0 Å². The quantitative estimate of drug-likeness (QED) is 0.733. The summed E-state index contributed by atoms with van der Waals surface area (Å²) in [5, 5.41) is 4.60. The fraction of sp³-hybridized carbons (Fsp3) is 0.286. The molecule has 0 saturated heterocycles. The molecule has 2 aliphatic heterocycles. The molecule has 2 nitrogen and oxygen atoms in total. The predicted octanol–water partition coefficient (Wildman–Crippen LogP) is 2.54. The van der Waals surface area contributed by atoms with Crippen LogP contribution in [0.15, 0.2) is 30.5 Å². The molecule has 2 aromatic rings. The molecule has 2 aliphatic rings. The second kappa shape index (κ2) is 3.20. The first kappa shape index (κ1) is 9.42. The Morgan fingerprint density at radius 2 is 2.24 bits per heavy atom. The molecular formula is C14H13FN2. The molecule has 1 aromatic heterocycles. The highest BCUT2D eigenvalue weighted by atomic mass is 19.1. The number of rotatable bonds is 0. The zero-order valence-electron chi connectivity index (χ0n) is 9.41. The molecule has 0 spiro atoms. The Morgan fingerprint density at radius 1 is 1.29 bits per heavy atom. The van der Waals surface area contributed by atoms with Crippen molar-refractivity contribution in [3.63, 3.8) is 0 Å². The van der Waals surface area contributed by atoms with Gasteiger partial charge < -0.3 is 9.88 Å². The highest BCUT2D eigenvalue weighted by Gasteiger charge is 2.28. The molecule has 0 aliphatic carbocycles. The largest absolute Gasteiger partial charge is 0.345 e. The lowest BCUT2D eigenvalue weighted by molar-refractivity contribution is 0.509. The maximum Gasteiger partial charge on any atom is 0.132 e. The molecule has 86 valence electrons. The minimum atomic E-state index is -0.0999. The van der Waals surface area contributed by atoms with Gasteiger partial charge in [-0.2, -0.15) is 0 Å². The summed E-state index contributed by atoms with van der Waals surface area (Å²) in [6, 6.07) is 5.78. The number of halogens is 1. The van der Waals surface area contributed by atoms with Gasteiger partial charge in [-0.25, -0.2) is 4.39 Å². The Kier molecular flexibility index (Phi) is 1.77. The average Bonchev–Trinajstić information content (AvgIpc) is 2.76. The van der Waals surface area contributed by atoms with E-state index in [4.69, 9.17) is 0 Å². The van der Waals surface area contributed by atoms with Gasteiger partial charge in [0, 0.05) is 23.7 Å². The lowest BCUT2D eigenvalue weighted by Crippen LogP contribution is -2.39. The van der Waals surface area contributed by atoms with Crippen molar-refractivity contribution in [3.05, 3.63) is 41.9 Å². The van der Waals surface area contributed by atoms with E-state index in [-0.39, 0.29) is 11.9 Å². The molecule has 0 amide bonds. The fourth-order valence-electron chi connectivity index (χ4n) is 3.07. The lowest BCUT2D eigenvalue weighted by Gasteiger charge is -2.31. The topological polar surface area (TPSA) is 17.0 Å². The van der Waals surface area contributed by atoms with E-state index in [1.807, 2.05) is 6.07 Å². The highest BCUT2D eigenvalue weighted by molar-refractivity contribution is 5.95. The van der Waals surface area contributed by atoms with E-state index in [2.05, 4.69) is 28.2 Å². The maximum atomic E-state index is 14.1. The van der Waals surface area contributed by atoms with Crippen LogP contribution in [0.2, 0.25) is 0 Å². The van der Waals surface area contributed by atoms with E-state index in [1.54, 1.807) is 6.07 Å². The third-order valence-corrected chi connectivity index (χ3v) is 3.82. The second-order valence-electron chi connectivity index (χ2n) is 4.78. The number of fused-ring (bicyclic) bond motifs is 2. The number of nitrogens with zero attached hydrogens (tertiary/aromatic N) is 1. The molecule has 3 heterocycles. The molecule has 3 heteroatoms. The first-order chi connectivity index (χ1) is 8.34. The number of nitrogens with one attached hydrogen (secondary N) is 1. The SMILES string of the molecule is Fc1ccc2ccn3c2c1C1=CCCNC1C3. The Balaban J connectivity index is 2.12. The van der Waals surface area contributed by atoms with Crippen LogP contribution in [0.5, 0.6) is 0 Å². The third-order valence-electron chi connectivity index (χ3n) is 3.82.